The molecule has 2 fully saturated rings. The number of piperidine rings is 1. The zero-order valence-electron chi connectivity index (χ0n) is 13.7. The Balaban J connectivity index is 1.62. The van der Waals surface area contributed by atoms with E-state index in [1.807, 2.05) is 47.0 Å². The Bertz CT molecular complexity index is 751. The number of fused-ring (bicyclic) bond motifs is 2. The number of benzene rings is 1. The number of nitrogens with zero attached hydrogens (tertiary/aromatic N) is 2. The molecule has 1 amide bonds. The number of carbonyl (C=O) groups is 1. The molecule has 0 radical (unpaired) electrons. The van der Waals surface area contributed by atoms with Crippen LogP contribution in [0.4, 0.5) is 0 Å². The van der Waals surface area contributed by atoms with Crippen molar-refractivity contribution in [3.05, 3.63) is 36.0 Å². The minimum absolute atomic E-state index is 0.106. The Kier molecular flexibility index (Phi) is 3.45. The van der Waals surface area contributed by atoms with Gasteiger partial charge in [-0.25, -0.2) is 0 Å². The van der Waals surface area contributed by atoms with Crippen molar-refractivity contribution in [1.82, 2.24) is 9.47 Å². The summed E-state index contributed by atoms with van der Waals surface area (Å²) >= 11 is 0. The van der Waals surface area contributed by atoms with E-state index in [0.717, 1.165) is 35.7 Å². The van der Waals surface area contributed by atoms with E-state index in [1.165, 1.54) is 6.42 Å². The van der Waals surface area contributed by atoms with E-state index in [4.69, 9.17) is 0 Å². The molecule has 1 N–H and O–H groups in total. The Morgan fingerprint density at radius 2 is 2.09 bits per heavy atom. The Hall–Kier alpha value is -1.81. The summed E-state index contributed by atoms with van der Waals surface area (Å²) in [6.07, 6.45) is 6.88. The van der Waals surface area contributed by atoms with Crippen molar-refractivity contribution in [1.29, 1.82) is 0 Å². The molecule has 1 saturated heterocycles. The third kappa shape index (κ3) is 2.36. The molecule has 2 aromatic rings. The van der Waals surface area contributed by atoms with Gasteiger partial charge in [0.25, 0.3) is 5.91 Å². The van der Waals surface area contributed by atoms with Crippen LogP contribution in [0.3, 0.4) is 0 Å². The number of aryl methyl sites for hydroxylation is 1. The van der Waals surface area contributed by atoms with Gasteiger partial charge in [-0.1, -0.05) is 31.0 Å². The fourth-order valence-electron chi connectivity index (χ4n) is 4.44. The van der Waals surface area contributed by atoms with Crippen LogP contribution < -0.4 is 0 Å². The topological polar surface area (TPSA) is 45.5 Å². The second-order valence-electron chi connectivity index (χ2n) is 7.22. The van der Waals surface area contributed by atoms with E-state index >= 15 is 0 Å². The summed E-state index contributed by atoms with van der Waals surface area (Å²) in [5, 5.41) is 11.8. The molecule has 0 bridgehead atoms. The van der Waals surface area contributed by atoms with Gasteiger partial charge < -0.3 is 14.6 Å². The predicted octanol–water partition coefficient (Wildman–Crippen LogP) is 2.95. The average Bonchev–Trinajstić information content (AvgIpc) is 2.91. The van der Waals surface area contributed by atoms with Gasteiger partial charge >= 0.3 is 0 Å². The summed E-state index contributed by atoms with van der Waals surface area (Å²) in [5.74, 6) is 0.346. The molecule has 4 rings (SSSR count). The highest BCUT2D eigenvalue weighted by Gasteiger charge is 2.44. The molecule has 23 heavy (non-hydrogen) atoms. The maximum Gasteiger partial charge on any atom is 0.256 e. The molecule has 4 nitrogen and oxygen atoms in total. The fraction of sp³-hybridized carbons (Fsp3) is 0.526. The maximum absolute atomic E-state index is 13.0. The van der Waals surface area contributed by atoms with E-state index in [-0.39, 0.29) is 11.8 Å². The van der Waals surface area contributed by atoms with Crippen molar-refractivity contribution in [2.75, 3.05) is 13.1 Å². The summed E-state index contributed by atoms with van der Waals surface area (Å²) in [6, 6.07) is 8.04. The molecule has 1 aliphatic heterocycles. The first-order valence-corrected chi connectivity index (χ1v) is 8.64. The van der Waals surface area contributed by atoms with Gasteiger partial charge in [-0.2, -0.15) is 0 Å². The quantitative estimate of drug-likeness (QED) is 0.880. The molecule has 122 valence electrons. The second-order valence-corrected chi connectivity index (χ2v) is 7.22. The van der Waals surface area contributed by atoms with Gasteiger partial charge in [-0.15, -0.1) is 0 Å². The molecule has 1 aliphatic carbocycles. The summed E-state index contributed by atoms with van der Waals surface area (Å²) in [6.45, 7) is 1.35. The lowest BCUT2D eigenvalue weighted by Crippen LogP contribution is -2.54. The minimum atomic E-state index is -0.534. The number of para-hydroxylation sites is 1. The summed E-state index contributed by atoms with van der Waals surface area (Å²) < 4.78 is 2.02. The van der Waals surface area contributed by atoms with Crippen LogP contribution in [0, 0.1) is 5.92 Å². The third-order valence-electron chi connectivity index (χ3n) is 5.84. The average molecular weight is 312 g/mol. The smallest absolute Gasteiger partial charge is 0.256 e. The molecule has 2 heterocycles. The van der Waals surface area contributed by atoms with Crippen molar-refractivity contribution in [3.63, 3.8) is 0 Å². The van der Waals surface area contributed by atoms with Crippen LogP contribution in [0.1, 0.15) is 42.5 Å². The van der Waals surface area contributed by atoms with Gasteiger partial charge in [-0.05, 0) is 25.3 Å². The van der Waals surface area contributed by atoms with E-state index in [2.05, 4.69) is 0 Å². The number of likely N-dealkylation sites (tertiary alicyclic amines) is 1. The maximum atomic E-state index is 13.0. The largest absolute Gasteiger partial charge is 0.389 e. The van der Waals surface area contributed by atoms with Crippen molar-refractivity contribution < 1.29 is 9.90 Å². The van der Waals surface area contributed by atoms with Gasteiger partial charge in [0.1, 0.15) is 0 Å². The lowest BCUT2D eigenvalue weighted by Gasteiger charge is -2.47. The number of amides is 1. The number of aliphatic hydroxyl groups is 1. The zero-order valence-corrected chi connectivity index (χ0v) is 13.7. The van der Waals surface area contributed by atoms with Crippen molar-refractivity contribution >= 4 is 16.8 Å². The minimum Gasteiger partial charge on any atom is -0.389 e. The number of carbonyl (C=O) groups excluding carboxylic acids is 1. The Morgan fingerprint density at radius 3 is 2.96 bits per heavy atom. The number of rotatable bonds is 1. The van der Waals surface area contributed by atoms with Gasteiger partial charge in [-0.3, -0.25) is 4.79 Å². The Labute approximate surface area is 136 Å². The monoisotopic (exact) mass is 312 g/mol. The molecule has 0 spiro atoms. The molecule has 2 aliphatic rings. The predicted molar refractivity (Wildman–Crippen MR) is 90.3 cm³/mol. The van der Waals surface area contributed by atoms with Crippen LogP contribution in [0.25, 0.3) is 10.9 Å². The van der Waals surface area contributed by atoms with Crippen molar-refractivity contribution in [3.8, 4) is 0 Å². The van der Waals surface area contributed by atoms with Crippen LogP contribution in [0.15, 0.2) is 30.5 Å². The highest BCUT2D eigenvalue weighted by Crippen LogP contribution is 2.40. The van der Waals surface area contributed by atoms with Gasteiger partial charge in [0, 0.05) is 43.2 Å². The first kappa shape index (κ1) is 14.8. The van der Waals surface area contributed by atoms with Gasteiger partial charge in [0.15, 0.2) is 0 Å². The van der Waals surface area contributed by atoms with Crippen molar-refractivity contribution in [2.45, 2.75) is 37.7 Å². The normalized spacial score (nSPS) is 27.9. The van der Waals surface area contributed by atoms with Crippen LogP contribution >= 0.6 is 0 Å². The number of hydrogen-bond acceptors (Lipinski definition) is 2. The third-order valence-corrected chi connectivity index (χ3v) is 5.84. The zero-order chi connectivity index (χ0) is 16.0. The van der Waals surface area contributed by atoms with Crippen LogP contribution in [-0.4, -0.2) is 39.2 Å². The molecule has 4 heteroatoms. The van der Waals surface area contributed by atoms with E-state index in [0.29, 0.717) is 19.5 Å². The first-order chi connectivity index (χ1) is 11.1. The van der Waals surface area contributed by atoms with Crippen LogP contribution in [0.5, 0.6) is 0 Å². The van der Waals surface area contributed by atoms with E-state index in [1.54, 1.807) is 0 Å². The van der Waals surface area contributed by atoms with Crippen molar-refractivity contribution in [2.24, 2.45) is 13.0 Å². The van der Waals surface area contributed by atoms with Crippen LogP contribution in [0.2, 0.25) is 0 Å². The fourth-order valence-corrected chi connectivity index (χ4v) is 4.44. The Morgan fingerprint density at radius 1 is 1.26 bits per heavy atom. The lowest BCUT2D eigenvalue weighted by molar-refractivity contribution is -0.0885. The SMILES string of the molecule is Cn1cc(C(=O)N2CCC3(O)CCCCC3C2)c2ccccc21. The van der Waals surface area contributed by atoms with Gasteiger partial charge in [0.2, 0.25) is 0 Å². The summed E-state index contributed by atoms with van der Waals surface area (Å²) in [7, 11) is 1.98. The lowest BCUT2D eigenvalue weighted by atomic mass is 9.71. The first-order valence-electron chi connectivity index (χ1n) is 8.64. The second kappa shape index (κ2) is 5.38. The molecule has 2 unspecified atom stereocenters. The molecule has 1 aromatic carbocycles. The van der Waals surface area contributed by atoms with Crippen LogP contribution in [-0.2, 0) is 7.05 Å². The number of aromatic nitrogens is 1. The van der Waals surface area contributed by atoms with E-state index in [9.17, 15) is 9.90 Å². The standard InChI is InChI=1S/C19H24N2O2/c1-20-13-16(15-7-2-3-8-17(15)20)18(22)21-11-10-19(23)9-5-4-6-14(19)12-21/h2-3,7-8,13-14,23H,4-6,9-12H2,1H3. The molecular formula is C19H24N2O2. The highest BCUT2D eigenvalue weighted by atomic mass is 16.3. The molecule has 1 saturated carbocycles. The molecule has 2 atom stereocenters. The summed E-state index contributed by atoms with van der Waals surface area (Å²) in [5.41, 5.74) is 1.33. The molecular weight excluding hydrogens is 288 g/mol. The summed E-state index contributed by atoms with van der Waals surface area (Å²) in [4.78, 5) is 15.0. The molecule has 1 aromatic heterocycles. The number of hydrogen-bond donors (Lipinski definition) is 1. The highest BCUT2D eigenvalue weighted by molar-refractivity contribution is 6.07. The van der Waals surface area contributed by atoms with Gasteiger partial charge in [0.05, 0.1) is 11.2 Å². The van der Waals surface area contributed by atoms with E-state index < -0.39 is 5.60 Å².